The molecule has 4 nitrogen and oxygen atoms in total. The van der Waals surface area contributed by atoms with Crippen LogP contribution >= 0.6 is 11.6 Å². The third kappa shape index (κ3) is 5.36. The Hall–Kier alpha value is -1.31. The fourth-order valence-corrected chi connectivity index (χ4v) is 2.84. The summed E-state index contributed by atoms with van der Waals surface area (Å²) in [6, 6.07) is 2.90. The van der Waals surface area contributed by atoms with Crippen LogP contribution in [-0.4, -0.2) is 55.0 Å². The van der Waals surface area contributed by atoms with Gasteiger partial charge >= 0.3 is 6.18 Å². The molecule has 1 aliphatic heterocycles. The van der Waals surface area contributed by atoms with Crippen LogP contribution in [0.25, 0.3) is 0 Å². The molecule has 0 aliphatic carbocycles. The highest BCUT2D eigenvalue weighted by Crippen LogP contribution is 2.33. The molecule has 134 valence electrons. The van der Waals surface area contributed by atoms with Crippen LogP contribution in [0.3, 0.4) is 0 Å². The monoisotopic (exact) mass is 363 g/mol. The molecule has 1 aromatic carbocycles. The lowest BCUT2D eigenvalue weighted by atomic mass is 10.2. The van der Waals surface area contributed by atoms with E-state index in [-0.39, 0.29) is 23.2 Å². The van der Waals surface area contributed by atoms with Crippen molar-refractivity contribution < 1.29 is 18.0 Å². The van der Waals surface area contributed by atoms with Gasteiger partial charge in [0, 0.05) is 26.2 Å². The molecular formula is C16H21ClF3N3O. The summed E-state index contributed by atoms with van der Waals surface area (Å²) in [5.74, 6) is -0.361. The Labute approximate surface area is 144 Å². The highest BCUT2D eigenvalue weighted by molar-refractivity contribution is 6.33. The Bertz CT molecular complexity index is 572. The summed E-state index contributed by atoms with van der Waals surface area (Å²) >= 11 is 5.88. The van der Waals surface area contributed by atoms with Crippen LogP contribution in [0.15, 0.2) is 18.2 Å². The Morgan fingerprint density at radius 3 is 2.42 bits per heavy atom. The summed E-state index contributed by atoms with van der Waals surface area (Å²) in [6.45, 7) is 6.63. The van der Waals surface area contributed by atoms with Crippen molar-refractivity contribution in [2.45, 2.75) is 19.5 Å². The highest BCUT2D eigenvalue weighted by atomic mass is 35.5. The van der Waals surface area contributed by atoms with E-state index in [0.717, 1.165) is 57.3 Å². The summed E-state index contributed by atoms with van der Waals surface area (Å²) in [5.41, 5.74) is -0.850. The van der Waals surface area contributed by atoms with Gasteiger partial charge in [-0.2, -0.15) is 13.2 Å². The molecule has 0 unspecified atom stereocenters. The smallest absolute Gasteiger partial charge is 0.324 e. The Balaban J connectivity index is 1.91. The molecule has 24 heavy (non-hydrogen) atoms. The van der Waals surface area contributed by atoms with Crippen molar-refractivity contribution in [2.24, 2.45) is 0 Å². The predicted molar refractivity (Wildman–Crippen MR) is 88.3 cm³/mol. The van der Waals surface area contributed by atoms with Gasteiger partial charge in [-0.25, -0.2) is 0 Å². The zero-order chi connectivity index (χ0) is 17.7. The summed E-state index contributed by atoms with van der Waals surface area (Å²) < 4.78 is 38.2. The van der Waals surface area contributed by atoms with Gasteiger partial charge in [0.05, 0.1) is 22.8 Å². The fraction of sp³-hybridized carbons (Fsp3) is 0.562. The maximum Gasteiger partial charge on any atom is 0.416 e. The van der Waals surface area contributed by atoms with Crippen molar-refractivity contribution in [3.63, 3.8) is 0 Å². The third-order valence-electron chi connectivity index (χ3n) is 3.94. The number of amides is 1. The van der Waals surface area contributed by atoms with E-state index in [0.29, 0.717) is 0 Å². The number of halogens is 4. The first-order chi connectivity index (χ1) is 11.3. The van der Waals surface area contributed by atoms with Gasteiger partial charge in [-0.3, -0.25) is 9.69 Å². The van der Waals surface area contributed by atoms with Gasteiger partial charge in [0.25, 0.3) is 0 Å². The van der Waals surface area contributed by atoms with Crippen LogP contribution in [0.5, 0.6) is 0 Å². The maximum absolute atomic E-state index is 12.7. The van der Waals surface area contributed by atoms with Crippen molar-refractivity contribution in [2.75, 3.05) is 44.6 Å². The number of nitrogens with zero attached hydrogens (tertiary/aromatic N) is 2. The van der Waals surface area contributed by atoms with Gasteiger partial charge in [0.1, 0.15) is 0 Å². The molecule has 0 radical (unpaired) electrons. The molecule has 0 atom stereocenters. The molecule has 1 amide bonds. The number of piperazine rings is 1. The van der Waals surface area contributed by atoms with Gasteiger partial charge < -0.3 is 10.2 Å². The number of hydrogen-bond acceptors (Lipinski definition) is 3. The molecule has 0 aromatic heterocycles. The number of hydrogen-bond donors (Lipinski definition) is 1. The molecule has 0 bridgehead atoms. The van der Waals surface area contributed by atoms with Gasteiger partial charge in [0.2, 0.25) is 5.91 Å². The summed E-state index contributed by atoms with van der Waals surface area (Å²) in [6.07, 6.45) is -3.38. The lowest BCUT2D eigenvalue weighted by Gasteiger charge is -2.34. The molecule has 1 aromatic rings. The number of benzene rings is 1. The average Bonchev–Trinajstić information content (AvgIpc) is 2.50. The lowest BCUT2D eigenvalue weighted by Crippen LogP contribution is -2.48. The first-order valence-corrected chi connectivity index (χ1v) is 8.28. The first-order valence-electron chi connectivity index (χ1n) is 7.91. The van der Waals surface area contributed by atoms with Crippen LogP contribution in [0.1, 0.15) is 18.9 Å². The van der Waals surface area contributed by atoms with Crippen LogP contribution in [0.4, 0.5) is 18.9 Å². The normalized spacial score (nSPS) is 17.0. The van der Waals surface area contributed by atoms with Crippen molar-refractivity contribution in [3.8, 4) is 0 Å². The lowest BCUT2D eigenvalue weighted by molar-refractivity contribution is -0.137. The van der Waals surface area contributed by atoms with Crippen LogP contribution in [0, 0.1) is 0 Å². The molecule has 0 saturated carbocycles. The van der Waals surface area contributed by atoms with Gasteiger partial charge in [0.15, 0.2) is 0 Å². The number of alkyl halides is 3. The largest absolute Gasteiger partial charge is 0.416 e. The topological polar surface area (TPSA) is 35.6 Å². The second-order valence-corrected chi connectivity index (χ2v) is 6.27. The summed E-state index contributed by atoms with van der Waals surface area (Å²) in [4.78, 5) is 16.4. The number of nitrogens with one attached hydrogen (secondary N) is 1. The van der Waals surface area contributed by atoms with E-state index in [1.165, 1.54) is 0 Å². The van der Waals surface area contributed by atoms with Crippen molar-refractivity contribution >= 4 is 23.2 Å². The second kappa shape index (κ2) is 8.18. The van der Waals surface area contributed by atoms with Gasteiger partial charge in [-0.1, -0.05) is 18.5 Å². The zero-order valence-electron chi connectivity index (χ0n) is 13.5. The zero-order valence-corrected chi connectivity index (χ0v) is 14.3. The number of carbonyl (C=O) groups excluding carboxylic acids is 1. The predicted octanol–water partition coefficient (Wildman–Crippen LogP) is 3.32. The Morgan fingerprint density at radius 1 is 1.21 bits per heavy atom. The molecule has 1 N–H and O–H groups in total. The molecule has 1 aliphatic rings. The maximum atomic E-state index is 12.7. The molecule has 0 spiro atoms. The van der Waals surface area contributed by atoms with Crippen LogP contribution in [0.2, 0.25) is 5.02 Å². The van der Waals surface area contributed by atoms with Crippen LogP contribution < -0.4 is 5.32 Å². The summed E-state index contributed by atoms with van der Waals surface area (Å²) in [5, 5.41) is 2.57. The number of carbonyl (C=O) groups is 1. The molecule has 2 rings (SSSR count). The minimum absolute atomic E-state index is 0.0129. The minimum atomic E-state index is -4.47. The minimum Gasteiger partial charge on any atom is -0.324 e. The van der Waals surface area contributed by atoms with Crippen LogP contribution in [-0.2, 0) is 11.0 Å². The van der Waals surface area contributed by atoms with E-state index in [1.54, 1.807) is 0 Å². The standard InChI is InChI=1S/C16H21ClF3N3O/c1-2-5-22-6-8-23(9-7-22)11-15(24)21-14-10-12(16(18,19)20)3-4-13(14)17/h3-4,10H,2,5-9,11H2,1H3,(H,21,24). The first kappa shape index (κ1) is 19.0. The van der Waals surface area contributed by atoms with Gasteiger partial charge in [-0.15, -0.1) is 0 Å². The van der Waals surface area contributed by atoms with Crippen molar-refractivity contribution in [1.82, 2.24) is 9.80 Å². The average molecular weight is 364 g/mol. The van der Waals surface area contributed by atoms with E-state index in [1.807, 2.05) is 4.90 Å². The summed E-state index contributed by atoms with van der Waals surface area (Å²) in [7, 11) is 0. The second-order valence-electron chi connectivity index (χ2n) is 5.86. The van der Waals surface area contributed by atoms with E-state index < -0.39 is 11.7 Å². The van der Waals surface area contributed by atoms with E-state index in [2.05, 4.69) is 17.1 Å². The van der Waals surface area contributed by atoms with E-state index >= 15 is 0 Å². The number of anilines is 1. The molecule has 1 heterocycles. The SMILES string of the molecule is CCCN1CCN(CC(=O)Nc2cc(C(F)(F)F)ccc2Cl)CC1. The molecular weight excluding hydrogens is 343 g/mol. The Morgan fingerprint density at radius 2 is 1.83 bits per heavy atom. The van der Waals surface area contributed by atoms with Crippen molar-refractivity contribution in [1.29, 1.82) is 0 Å². The van der Waals surface area contributed by atoms with Crippen molar-refractivity contribution in [3.05, 3.63) is 28.8 Å². The molecule has 1 fully saturated rings. The molecule has 8 heteroatoms. The number of rotatable bonds is 5. The van der Waals surface area contributed by atoms with E-state index in [4.69, 9.17) is 11.6 Å². The fourth-order valence-electron chi connectivity index (χ4n) is 2.68. The highest BCUT2D eigenvalue weighted by Gasteiger charge is 2.31. The van der Waals surface area contributed by atoms with E-state index in [9.17, 15) is 18.0 Å². The third-order valence-corrected chi connectivity index (χ3v) is 4.27. The Kier molecular flexibility index (Phi) is 6.48. The quantitative estimate of drug-likeness (QED) is 0.871. The molecule has 1 saturated heterocycles. The van der Waals surface area contributed by atoms with Gasteiger partial charge in [-0.05, 0) is 31.2 Å².